The van der Waals surface area contributed by atoms with E-state index < -0.39 is 0 Å². The Morgan fingerprint density at radius 1 is 0.625 bits per heavy atom. The molecule has 1 radical (unpaired) electrons. The zero-order valence-electron chi connectivity index (χ0n) is 31.6. The Labute approximate surface area is 335 Å². The molecule has 2 rings (SSSR count). The van der Waals surface area contributed by atoms with E-state index in [4.69, 9.17) is 9.47 Å². The third kappa shape index (κ3) is 34.7. The first-order valence-corrected chi connectivity index (χ1v) is 18.9. The monoisotopic (exact) mass is 937 g/mol. The van der Waals surface area contributed by atoms with E-state index in [0.29, 0.717) is 32.3 Å². The van der Waals surface area contributed by atoms with Crippen LogP contribution in [0, 0.1) is 71.6 Å². The van der Waals surface area contributed by atoms with Gasteiger partial charge >= 0.3 is 43.1 Å². The maximum absolute atomic E-state index is 12.0. The Kier molecular flexibility index (Phi) is 47.8. The summed E-state index contributed by atoms with van der Waals surface area (Å²) in [6, 6.07) is 0. The van der Waals surface area contributed by atoms with Crippen LogP contribution in [-0.4, -0.2) is 30.9 Å². The molecule has 0 heterocycles. The molecule has 0 aromatic rings. The van der Waals surface area contributed by atoms with Crippen molar-refractivity contribution in [3.8, 4) is 0 Å². The van der Waals surface area contributed by atoms with E-state index in [0.717, 1.165) is 69.6 Å². The van der Waals surface area contributed by atoms with Gasteiger partial charge in [-0.2, -0.15) is 19.3 Å². The van der Waals surface area contributed by atoms with Crippen molar-refractivity contribution in [1.82, 2.24) is 0 Å². The topological polar surface area (TPSA) is 69.7 Å². The quantitative estimate of drug-likeness (QED) is 0.0466. The number of carbonyl (C=O) groups is 2. The first-order chi connectivity index (χ1) is 21.6. The molecular weight excluding hydrogens is 861 g/mol. The van der Waals surface area contributed by atoms with Crippen LogP contribution in [0.5, 0.6) is 0 Å². The molecule has 2 aliphatic rings. The standard InChI is InChI=1S/C31H56O4.C8H13O.2CH3.U.V/c1-3-5-6-7-9-12-15-23-29(35-31(33)20-4-2)24-16-13-10-8-11-14-19-27-34-30(32)26-25-28-21-17-18-22-28;9-7-3-6-8-4-1-2-5-8;;;;/h28-29H,1-27H2;8H,1-6H2;2*1H3;;/q-2;3*-1;+2;. The minimum Gasteiger partial charge on any atom is -0.542 e. The molecule has 0 spiro atoms. The zero-order valence-corrected chi connectivity index (χ0v) is 37.1. The number of esters is 2. The van der Waals surface area contributed by atoms with Crippen molar-refractivity contribution in [2.45, 2.75) is 199 Å². The Balaban J connectivity index is -0.000000643. The van der Waals surface area contributed by atoms with Gasteiger partial charge in [0.15, 0.2) is 0 Å². The van der Waals surface area contributed by atoms with Crippen LogP contribution in [0.3, 0.4) is 0 Å². The summed E-state index contributed by atoms with van der Waals surface area (Å²) in [5.74, 6) is 1.53. The molecule has 0 N–H and O–H groups in total. The molecule has 1 unspecified atom stereocenters. The minimum absolute atomic E-state index is 0. The maximum atomic E-state index is 12.0. The van der Waals surface area contributed by atoms with Crippen LogP contribution in [0.1, 0.15) is 193 Å². The summed E-state index contributed by atoms with van der Waals surface area (Å²) in [4.78, 5) is 33.6. The molecule has 2 aliphatic carbocycles. The summed E-state index contributed by atoms with van der Waals surface area (Å²) in [6.07, 6.45) is 35.8. The average molecular weight is 937 g/mol. The molecular formula is C41H75O5UV-3. The Morgan fingerprint density at radius 3 is 1.56 bits per heavy atom. The maximum Gasteiger partial charge on any atom is 2.00 e. The second-order valence-corrected chi connectivity index (χ2v) is 13.5. The predicted octanol–water partition coefficient (Wildman–Crippen LogP) is 12.1. The van der Waals surface area contributed by atoms with Gasteiger partial charge in [-0.15, -0.1) is 0 Å². The number of carbonyl (C=O) groups excluding carboxylic acids is 3. The molecule has 0 aromatic carbocycles. The van der Waals surface area contributed by atoms with Crippen molar-refractivity contribution < 1.29 is 73.5 Å². The van der Waals surface area contributed by atoms with E-state index in [1.165, 1.54) is 109 Å². The fourth-order valence-corrected chi connectivity index (χ4v) is 6.71. The van der Waals surface area contributed by atoms with Gasteiger partial charge in [0.1, 0.15) is 6.10 Å². The van der Waals surface area contributed by atoms with E-state index in [2.05, 4.69) is 13.8 Å². The molecule has 0 bridgehead atoms. The van der Waals surface area contributed by atoms with Gasteiger partial charge in [0, 0.05) is 31.4 Å². The number of ether oxygens (including phenoxy) is 2. The molecule has 5 nitrogen and oxygen atoms in total. The van der Waals surface area contributed by atoms with Crippen molar-refractivity contribution in [2.24, 2.45) is 11.8 Å². The third-order valence-electron chi connectivity index (χ3n) is 9.50. The average Bonchev–Trinajstić information content (AvgIpc) is 3.74. The van der Waals surface area contributed by atoms with Crippen molar-refractivity contribution in [2.75, 3.05) is 6.61 Å². The Hall–Kier alpha value is 0.246. The molecule has 281 valence electrons. The van der Waals surface area contributed by atoms with Gasteiger partial charge in [-0.3, -0.25) is 15.9 Å². The molecule has 0 aromatic heterocycles. The van der Waals surface area contributed by atoms with E-state index in [1.54, 1.807) is 0 Å². The Morgan fingerprint density at radius 2 is 1.08 bits per heavy atom. The predicted molar refractivity (Wildman–Crippen MR) is 196 cm³/mol. The number of hydrogen-bond donors (Lipinski definition) is 0. The fraction of sp³-hybridized carbons (Fsp3) is 0.829. The Bertz CT molecular complexity index is 680. The molecule has 0 aliphatic heterocycles. The molecule has 48 heavy (non-hydrogen) atoms. The second-order valence-electron chi connectivity index (χ2n) is 13.5. The zero-order chi connectivity index (χ0) is 31.9. The van der Waals surface area contributed by atoms with E-state index in [1.807, 2.05) is 6.29 Å². The third-order valence-corrected chi connectivity index (χ3v) is 9.50. The normalized spacial score (nSPS) is 14.6. The van der Waals surface area contributed by atoms with E-state index >= 15 is 0 Å². The van der Waals surface area contributed by atoms with Crippen LogP contribution in [0.25, 0.3) is 0 Å². The molecule has 0 amide bonds. The van der Waals surface area contributed by atoms with Gasteiger partial charge < -0.3 is 43.0 Å². The van der Waals surface area contributed by atoms with Gasteiger partial charge in [0.2, 0.25) is 0 Å². The summed E-state index contributed by atoms with van der Waals surface area (Å²) in [5.41, 5.74) is 0. The van der Waals surface area contributed by atoms with Gasteiger partial charge in [0.25, 0.3) is 0 Å². The largest absolute Gasteiger partial charge is 2.00 e. The van der Waals surface area contributed by atoms with Crippen molar-refractivity contribution in [3.05, 3.63) is 28.7 Å². The van der Waals surface area contributed by atoms with Crippen LogP contribution in [0.15, 0.2) is 0 Å². The van der Waals surface area contributed by atoms with Crippen molar-refractivity contribution >= 4 is 18.2 Å². The van der Waals surface area contributed by atoms with Crippen LogP contribution in [0.2, 0.25) is 0 Å². The number of hydrogen-bond acceptors (Lipinski definition) is 5. The van der Waals surface area contributed by atoms with Gasteiger partial charge in [-0.25, -0.2) is 0 Å². The fourth-order valence-electron chi connectivity index (χ4n) is 6.71. The number of rotatable bonds is 27. The summed E-state index contributed by atoms with van der Waals surface area (Å²) >= 11 is 0. The SMILES string of the molecule is O=[C-]CCC1CCCC1.[CH2-]CCCCCCCCC(CCCCCCCCCOC(=O)CCC1CCCC1)OC(=O)CC[CH2-].[CH3-].[CH3-].[U+2].[V]. The van der Waals surface area contributed by atoms with Crippen LogP contribution in [0.4, 0.5) is 0 Å². The van der Waals surface area contributed by atoms with Crippen LogP contribution >= 0.6 is 0 Å². The summed E-state index contributed by atoms with van der Waals surface area (Å²) in [6.45, 7) is 8.25. The van der Waals surface area contributed by atoms with Crippen molar-refractivity contribution in [3.63, 3.8) is 0 Å². The number of unbranched alkanes of at least 4 members (excludes halogenated alkanes) is 12. The summed E-state index contributed by atoms with van der Waals surface area (Å²) < 4.78 is 11.1. The minimum atomic E-state index is -0.0836. The van der Waals surface area contributed by atoms with Gasteiger partial charge in [-0.1, -0.05) is 122 Å². The molecule has 0 saturated heterocycles. The first kappa shape index (κ1) is 55.0. The molecule has 2 fully saturated rings. The second kappa shape index (κ2) is 41.7. The molecule has 7 heteroatoms. The molecule has 1 atom stereocenters. The van der Waals surface area contributed by atoms with E-state index in [-0.39, 0.29) is 82.6 Å². The summed E-state index contributed by atoms with van der Waals surface area (Å²) in [7, 11) is 0. The molecule has 2 saturated carbocycles. The van der Waals surface area contributed by atoms with Gasteiger partial charge in [-0.05, 0) is 50.4 Å². The van der Waals surface area contributed by atoms with Crippen molar-refractivity contribution in [1.29, 1.82) is 0 Å². The van der Waals surface area contributed by atoms with Gasteiger partial charge in [0.05, 0.1) is 6.61 Å². The summed E-state index contributed by atoms with van der Waals surface area (Å²) in [5, 5.41) is 0. The first-order valence-electron chi connectivity index (χ1n) is 18.9. The smallest absolute Gasteiger partial charge is 0.542 e. The van der Waals surface area contributed by atoms with Crippen LogP contribution < -0.4 is 0 Å². The van der Waals surface area contributed by atoms with Crippen LogP contribution in [-0.2, 0) is 42.4 Å². The van der Waals surface area contributed by atoms with E-state index in [9.17, 15) is 14.4 Å².